The highest BCUT2D eigenvalue weighted by molar-refractivity contribution is 5.84. The molecule has 5 nitrogen and oxygen atoms in total. The van der Waals surface area contributed by atoms with E-state index in [2.05, 4.69) is 10.2 Å². The fourth-order valence-corrected chi connectivity index (χ4v) is 1.50. The molecule has 2 rings (SSSR count). The zero-order valence-corrected chi connectivity index (χ0v) is 9.83. The molecule has 0 radical (unpaired) electrons. The molecule has 1 heterocycles. The highest BCUT2D eigenvalue weighted by Crippen LogP contribution is 2.23. The quantitative estimate of drug-likeness (QED) is 0.894. The van der Waals surface area contributed by atoms with E-state index >= 15 is 0 Å². The van der Waals surface area contributed by atoms with E-state index in [0.29, 0.717) is 5.75 Å². The van der Waals surface area contributed by atoms with E-state index in [0.717, 1.165) is 12.0 Å². The number of ether oxygens (including phenoxy) is 1. The third kappa shape index (κ3) is 2.63. The van der Waals surface area contributed by atoms with Gasteiger partial charge in [0.1, 0.15) is 5.75 Å². The van der Waals surface area contributed by atoms with Gasteiger partial charge in [-0.2, -0.15) is 0 Å². The number of para-hydroxylation sites is 1. The van der Waals surface area contributed by atoms with E-state index < -0.39 is 5.97 Å². The van der Waals surface area contributed by atoms with Gasteiger partial charge in [0.05, 0.1) is 0 Å². The molecular formula is C13H12N2O3. The van der Waals surface area contributed by atoms with Gasteiger partial charge < -0.3 is 9.84 Å². The van der Waals surface area contributed by atoms with Crippen molar-refractivity contribution >= 4 is 5.97 Å². The van der Waals surface area contributed by atoms with Crippen LogP contribution in [0.25, 0.3) is 0 Å². The van der Waals surface area contributed by atoms with Crippen LogP contribution >= 0.6 is 0 Å². The van der Waals surface area contributed by atoms with Crippen LogP contribution in [0.3, 0.4) is 0 Å². The smallest absolute Gasteiger partial charge is 0.356 e. The Bertz CT molecular complexity index is 552. The molecule has 5 heteroatoms. The summed E-state index contributed by atoms with van der Waals surface area (Å²) < 4.78 is 5.57. The zero-order valence-electron chi connectivity index (χ0n) is 9.83. The fourth-order valence-electron chi connectivity index (χ4n) is 1.50. The summed E-state index contributed by atoms with van der Waals surface area (Å²) in [5, 5.41) is 16.0. The maximum Gasteiger partial charge on any atom is 0.356 e. The summed E-state index contributed by atoms with van der Waals surface area (Å²) in [5.74, 6) is -0.124. The zero-order chi connectivity index (χ0) is 13.0. The topological polar surface area (TPSA) is 72.3 Å². The number of aromatic nitrogens is 2. The molecule has 1 aromatic carbocycles. The summed E-state index contributed by atoms with van der Waals surface area (Å²) in [6, 6.07) is 10.5. The van der Waals surface area contributed by atoms with Crippen LogP contribution in [-0.2, 0) is 6.42 Å². The molecule has 92 valence electrons. The van der Waals surface area contributed by atoms with Gasteiger partial charge in [-0.1, -0.05) is 25.1 Å². The normalized spacial score (nSPS) is 10.1. The number of hydrogen-bond acceptors (Lipinski definition) is 4. The Labute approximate surface area is 104 Å². The van der Waals surface area contributed by atoms with Crippen LogP contribution in [0.5, 0.6) is 11.6 Å². The minimum Gasteiger partial charge on any atom is -0.476 e. The maximum absolute atomic E-state index is 10.6. The standard InChI is InChI=1S/C13H12N2O3/c1-2-9-5-3-4-6-11(9)18-12-8-7-10(13(16)17)14-15-12/h3-8H,2H2,1H3,(H,16,17). The van der Waals surface area contributed by atoms with Crippen molar-refractivity contribution < 1.29 is 14.6 Å². The van der Waals surface area contributed by atoms with Crippen molar-refractivity contribution in [2.45, 2.75) is 13.3 Å². The number of hydrogen-bond donors (Lipinski definition) is 1. The molecule has 1 N–H and O–H groups in total. The molecule has 2 aromatic rings. The largest absolute Gasteiger partial charge is 0.476 e. The summed E-state index contributed by atoms with van der Waals surface area (Å²) in [6.07, 6.45) is 0.844. The van der Waals surface area contributed by atoms with Gasteiger partial charge in [0.25, 0.3) is 0 Å². The van der Waals surface area contributed by atoms with E-state index in [1.165, 1.54) is 12.1 Å². The van der Waals surface area contributed by atoms with E-state index in [1.807, 2.05) is 31.2 Å². The van der Waals surface area contributed by atoms with E-state index in [9.17, 15) is 4.79 Å². The number of aromatic carboxylic acids is 1. The van der Waals surface area contributed by atoms with Crippen LogP contribution < -0.4 is 4.74 Å². The second-order valence-electron chi connectivity index (χ2n) is 3.63. The molecule has 0 saturated carbocycles. The summed E-state index contributed by atoms with van der Waals surface area (Å²) in [6.45, 7) is 2.03. The monoisotopic (exact) mass is 244 g/mol. The average molecular weight is 244 g/mol. The van der Waals surface area contributed by atoms with E-state index in [4.69, 9.17) is 9.84 Å². The number of carboxylic acid groups (broad SMARTS) is 1. The maximum atomic E-state index is 10.6. The first kappa shape index (κ1) is 12.0. The molecule has 0 bridgehead atoms. The van der Waals surface area contributed by atoms with Crippen molar-refractivity contribution in [3.63, 3.8) is 0 Å². The lowest BCUT2D eigenvalue weighted by Gasteiger charge is -2.08. The molecular weight excluding hydrogens is 232 g/mol. The molecule has 0 amide bonds. The third-order valence-corrected chi connectivity index (χ3v) is 2.43. The number of benzene rings is 1. The summed E-state index contributed by atoms with van der Waals surface area (Å²) >= 11 is 0. The van der Waals surface area contributed by atoms with Crippen molar-refractivity contribution in [3.05, 3.63) is 47.7 Å². The van der Waals surface area contributed by atoms with Gasteiger partial charge >= 0.3 is 5.97 Å². The first-order valence-corrected chi connectivity index (χ1v) is 5.53. The van der Waals surface area contributed by atoms with Crippen LogP contribution in [0.4, 0.5) is 0 Å². The lowest BCUT2D eigenvalue weighted by molar-refractivity contribution is 0.0689. The van der Waals surface area contributed by atoms with E-state index in [1.54, 1.807) is 0 Å². The van der Waals surface area contributed by atoms with Crippen LogP contribution in [0.2, 0.25) is 0 Å². The summed E-state index contributed by atoms with van der Waals surface area (Å²) in [5.41, 5.74) is 0.952. The molecule has 0 atom stereocenters. The third-order valence-electron chi connectivity index (χ3n) is 2.43. The van der Waals surface area contributed by atoms with Crippen molar-refractivity contribution in [1.29, 1.82) is 0 Å². The van der Waals surface area contributed by atoms with Gasteiger partial charge in [-0.05, 0) is 24.1 Å². The van der Waals surface area contributed by atoms with Crippen molar-refractivity contribution in [1.82, 2.24) is 10.2 Å². The fraction of sp³-hybridized carbons (Fsp3) is 0.154. The predicted molar refractivity (Wildman–Crippen MR) is 64.9 cm³/mol. The van der Waals surface area contributed by atoms with Gasteiger partial charge in [0.15, 0.2) is 5.69 Å². The Hall–Kier alpha value is -2.43. The number of carbonyl (C=O) groups is 1. The predicted octanol–water partition coefficient (Wildman–Crippen LogP) is 2.53. The molecule has 0 aliphatic heterocycles. The molecule has 0 aliphatic carbocycles. The minimum atomic E-state index is -1.11. The van der Waals surface area contributed by atoms with E-state index in [-0.39, 0.29) is 11.6 Å². The van der Waals surface area contributed by atoms with Crippen LogP contribution in [0.15, 0.2) is 36.4 Å². The minimum absolute atomic E-state index is 0.105. The number of carboxylic acids is 1. The van der Waals surface area contributed by atoms with Crippen molar-refractivity contribution in [2.24, 2.45) is 0 Å². The first-order chi connectivity index (χ1) is 8.70. The highest BCUT2D eigenvalue weighted by atomic mass is 16.5. The first-order valence-electron chi connectivity index (χ1n) is 5.53. The number of aryl methyl sites for hydroxylation is 1. The SMILES string of the molecule is CCc1ccccc1Oc1ccc(C(=O)O)nn1. The summed E-state index contributed by atoms with van der Waals surface area (Å²) in [7, 11) is 0. The van der Waals surface area contributed by atoms with Crippen molar-refractivity contribution in [3.8, 4) is 11.6 Å². The second-order valence-corrected chi connectivity index (χ2v) is 3.63. The van der Waals surface area contributed by atoms with Gasteiger partial charge in [0, 0.05) is 6.07 Å². The number of nitrogens with zero attached hydrogens (tertiary/aromatic N) is 2. The lowest BCUT2D eigenvalue weighted by Crippen LogP contribution is -2.02. The molecule has 0 fully saturated rings. The van der Waals surface area contributed by atoms with Crippen LogP contribution in [-0.4, -0.2) is 21.3 Å². The Morgan fingerprint density at radius 2 is 2.00 bits per heavy atom. The average Bonchev–Trinajstić information content (AvgIpc) is 2.40. The van der Waals surface area contributed by atoms with Gasteiger partial charge in [0.2, 0.25) is 5.88 Å². The molecule has 1 aromatic heterocycles. The highest BCUT2D eigenvalue weighted by Gasteiger charge is 2.07. The van der Waals surface area contributed by atoms with Crippen molar-refractivity contribution in [2.75, 3.05) is 0 Å². The van der Waals surface area contributed by atoms with Crippen LogP contribution in [0, 0.1) is 0 Å². The Balaban J connectivity index is 2.21. The lowest BCUT2D eigenvalue weighted by atomic mass is 10.1. The molecule has 18 heavy (non-hydrogen) atoms. The Kier molecular flexibility index (Phi) is 3.52. The van der Waals surface area contributed by atoms with Gasteiger partial charge in [-0.3, -0.25) is 0 Å². The second kappa shape index (κ2) is 5.27. The Morgan fingerprint density at radius 1 is 1.22 bits per heavy atom. The van der Waals surface area contributed by atoms with Gasteiger partial charge in [-0.15, -0.1) is 10.2 Å². The molecule has 0 aliphatic rings. The summed E-state index contributed by atoms with van der Waals surface area (Å²) in [4.78, 5) is 10.6. The number of rotatable bonds is 4. The van der Waals surface area contributed by atoms with Crippen LogP contribution in [0.1, 0.15) is 23.0 Å². The molecule has 0 spiro atoms. The molecule has 0 unspecified atom stereocenters. The van der Waals surface area contributed by atoms with Gasteiger partial charge in [-0.25, -0.2) is 4.79 Å². The molecule has 0 saturated heterocycles. The Morgan fingerprint density at radius 3 is 2.61 bits per heavy atom.